The molecule has 0 radical (unpaired) electrons. The van der Waals surface area contributed by atoms with Crippen LogP contribution in [0, 0.1) is 0 Å². The van der Waals surface area contributed by atoms with Crippen LogP contribution in [0.4, 0.5) is 0 Å². The fourth-order valence-corrected chi connectivity index (χ4v) is 7.36. The van der Waals surface area contributed by atoms with Gasteiger partial charge in [0.2, 0.25) is 0 Å². The van der Waals surface area contributed by atoms with Crippen molar-refractivity contribution in [2.24, 2.45) is 0 Å². The van der Waals surface area contributed by atoms with Gasteiger partial charge in [0.15, 0.2) is 11.5 Å². The summed E-state index contributed by atoms with van der Waals surface area (Å²) in [5.41, 5.74) is 6.33. The Morgan fingerprint density at radius 1 is 0.419 bits per heavy atom. The summed E-state index contributed by atoms with van der Waals surface area (Å²) < 4.78 is 40.0. The van der Waals surface area contributed by atoms with E-state index >= 15 is 0 Å². The van der Waals surface area contributed by atoms with Gasteiger partial charge in [-0.3, -0.25) is 0 Å². The minimum absolute atomic E-state index is 0.0365. The quantitative estimate of drug-likeness (QED) is 0.178. The second-order valence-corrected chi connectivity index (χ2v) is 14.6. The Morgan fingerprint density at radius 2 is 0.758 bits per heavy atom. The van der Waals surface area contributed by atoms with Gasteiger partial charge in [0, 0.05) is 22.3 Å². The van der Waals surface area contributed by atoms with Crippen LogP contribution in [-0.2, 0) is 32.0 Å². The van der Waals surface area contributed by atoms with E-state index in [1.165, 1.54) is 0 Å². The van der Waals surface area contributed by atoms with Crippen molar-refractivity contribution in [2.45, 2.75) is 37.5 Å². The van der Waals surface area contributed by atoms with Gasteiger partial charge in [-0.25, -0.2) is 9.36 Å². The number of ether oxygens (including phenoxy) is 6. The predicted molar refractivity (Wildman–Crippen MR) is 232 cm³/mol. The van der Waals surface area contributed by atoms with Crippen molar-refractivity contribution in [3.05, 3.63) is 146 Å². The lowest BCUT2D eigenvalue weighted by atomic mass is 10.0. The molecule has 3 heterocycles. The van der Waals surface area contributed by atoms with E-state index in [0.717, 1.165) is 33.6 Å². The van der Waals surface area contributed by atoms with Crippen molar-refractivity contribution in [3.8, 4) is 56.5 Å². The molecular weight excluding hydrogens is 789 g/mol. The van der Waals surface area contributed by atoms with E-state index in [2.05, 4.69) is 20.6 Å². The highest BCUT2D eigenvalue weighted by molar-refractivity contribution is 5.79. The molecule has 1 aliphatic heterocycles. The predicted octanol–water partition coefficient (Wildman–Crippen LogP) is 6.23. The van der Waals surface area contributed by atoms with E-state index < -0.39 is 24.4 Å². The first-order valence-corrected chi connectivity index (χ1v) is 20.8. The number of fused-ring (bicyclic) bond motifs is 1. The Morgan fingerprint density at radius 3 is 1.15 bits per heavy atom. The van der Waals surface area contributed by atoms with Crippen LogP contribution >= 0.6 is 0 Å². The van der Waals surface area contributed by atoms with E-state index in [9.17, 15) is 10.2 Å². The highest BCUT2D eigenvalue weighted by atomic mass is 16.6. The van der Waals surface area contributed by atoms with Crippen LogP contribution in [0.15, 0.2) is 146 Å². The number of aliphatic hydroxyl groups excluding tert-OH is 2. The molecule has 14 nitrogen and oxygen atoms in total. The molecule has 7 aromatic rings. The van der Waals surface area contributed by atoms with Crippen molar-refractivity contribution in [3.63, 3.8) is 0 Å². The third kappa shape index (κ3) is 10.6. The second kappa shape index (κ2) is 21.5. The molecule has 0 amide bonds. The lowest BCUT2D eigenvalue weighted by Crippen LogP contribution is -2.50. The smallest absolute Gasteiger partial charge is 0.161 e. The van der Waals surface area contributed by atoms with Crippen molar-refractivity contribution in [1.29, 1.82) is 0 Å². The van der Waals surface area contributed by atoms with Crippen LogP contribution in [0.1, 0.15) is 0 Å². The Kier molecular flexibility index (Phi) is 14.7. The Labute approximate surface area is 360 Å². The molecule has 14 heteroatoms. The first-order chi connectivity index (χ1) is 30.6. The van der Waals surface area contributed by atoms with Crippen LogP contribution in [-0.4, -0.2) is 117 Å². The second-order valence-electron chi connectivity index (χ2n) is 14.6. The Bertz CT molecular complexity index is 2230. The van der Waals surface area contributed by atoms with Crippen LogP contribution in [0.2, 0.25) is 0 Å². The molecule has 8 rings (SSSR count). The SMILES string of the molecule is O[C@H]1[C@H](O)[C@@H](Cn2nnc(-c3ccccc3)c2-c2ccccc2)OCCOCCOc2ccccc2OCCOCCO[C@@H]1Cn1nnc(-c2ccccc2)c1-c1ccccc1. The fraction of sp³-hybridized carbons (Fsp3) is 0.292. The number of rotatable bonds is 8. The minimum Gasteiger partial charge on any atom is -0.487 e. The number of hydrogen-bond acceptors (Lipinski definition) is 12. The topological polar surface area (TPSA) is 157 Å². The number of aliphatic hydroxyl groups is 2. The van der Waals surface area contributed by atoms with Crippen LogP contribution < -0.4 is 9.47 Å². The molecule has 0 aliphatic carbocycles. The average Bonchev–Trinajstić information content (AvgIpc) is 3.95. The van der Waals surface area contributed by atoms with E-state index in [1.807, 2.05) is 146 Å². The summed E-state index contributed by atoms with van der Waals surface area (Å²) in [7, 11) is 0. The maximum atomic E-state index is 12.3. The van der Waals surface area contributed by atoms with E-state index in [4.69, 9.17) is 28.4 Å². The molecular formula is C48H50N6O8. The molecule has 62 heavy (non-hydrogen) atoms. The molecule has 1 aliphatic rings. The summed E-state index contributed by atoms with van der Waals surface area (Å²) in [6.45, 7) is 1.76. The van der Waals surface area contributed by atoms with Gasteiger partial charge in [-0.2, -0.15) is 0 Å². The number of hydrogen-bond donors (Lipinski definition) is 2. The molecule has 4 atom stereocenters. The zero-order chi connectivity index (χ0) is 42.4. The summed E-state index contributed by atoms with van der Waals surface area (Å²) >= 11 is 0. The lowest BCUT2D eigenvalue weighted by Gasteiger charge is -2.32. The van der Waals surface area contributed by atoms with Gasteiger partial charge in [0.25, 0.3) is 0 Å². The molecule has 2 N–H and O–H groups in total. The van der Waals surface area contributed by atoms with E-state index in [-0.39, 0.29) is 65.9 Å². The van der Waals surface area contributed by atoms with Gasteiger partial charge in [-0.05, 0) is 12.1 Å². The summed E-state index contributed by atoms with van der Waals surface area (Å²) in [4.78, 5) is 0. The van der Waals surface area contributed by atoms with Crippen molar-refractivity contribution < 1.29 is 38.6 Å². The van der Waals surface area contributed by atoms with Gasteiger partial charge in [0.05, 0.1) is 64.1 Å². The Balaban J connectivity index is 1.11. The van der Waals surface area contributed by atoms with Gasteiger partial charge in [0.1, 0.15) is 49.0 Å². The molecule has 320 valence electrons. The zero-order valence-corrected chi connectivity index (χ0v) is 34.3. The number of benzene rings is 5. The van der Waals surface area contributed by atoms with E-state index in [0.29, 0.717) is 22.9 Å². The van der Waals surface area contributed by atoms with Crippen molar-refractivity contribution in [2.75, 3.05) is 52.9 Å². The minimum atomic E-state index is -1.48. The lowest BCUT2D eigenvalue weighted by molar-refractivity contribution is -0.151. The molecule has 2 aromatic heterocycles. The normalized spacial score (nSPS) is 19.7. The number of para-hydroxylation sites is 2. The largest absolute Gasteiger partial charge is 0.487 e. The number of aromatic nitrogens is 6. The third-order valence-corrected chi connectivity index (χ3v) is 10.4. The highest BCUT2D eigenvalue weighted by Gasteiger charge is 2.36. The van der Waals surface area contributed by atoms with Crippen molar-refractivity contribution in [1.82, 2.24) is 30.0 Å². The molecule has 5 aromatic carbocycles. The zero-order valence-electron chi connectivity index (χ0n) is 34.3. The first kappa shape index (κ1) is 42.4. The Hall–Kier alpha value is -6.26. The highest BCUT2D eigenvalue weighted by Crippen LogP contribution is 2.33. The summed E-state index contributed by atoms with van der Waals surface area (Å²) in [5.74, 6) is 1.20. The monoisotopic (exact) mass is 838 g/mol. The van der Waals surface area contributed by atoms with Crippen molar-refractivity contribution >= 4 is 0 Å². The van der Waals surface area contributed by atoms with Crippen LogP contribution in [0.25, 0.3) is 45.0 Å². The summed E-state index contributed by atoms with van der Waals surface area (Å²) in [6.07, 6.45) is -4.97. The maximum absolute atomic E-state index is 12.3. The maximum Gasteiger partial charge on any atom is 0.161 e. The van der Waals surface area contributed by atoms with Crippen LogP contribution in [0.3, 0.4) is 0 Å². The summed E-state index contributed by atoms with van der Waals surface area (Å²) in [5, 5.41) is 43.0. The molecule has 0 spiro atoms. The summed E-state index contributed by atoms with van der Waals surface area (Å²) in [6, 6.07) is 46.7. The standard InChI is InChI=1S/C48H50N6O8/c55-47-41(33-53-45(37-19-9-3-10-20-37)43(49-51-53)35-15-5-1-6-16-35)61-31-27-57-25-29-59-39-23-13-14-24-40(39)60-30-26-58-28-32-62-42(48(47)56)34-54-46(38-21-11-4-12-22-38)44(50-52-54)36-17-7-2-8-18-36/h1-24,41-42,47-48,55-56H,25-34H2/t41-,42-,47-,48-/m1/s1. The fourth-order valence-electron chi connectivity index (χ4n) is 7.36. The molecule has 0 bridgehead atoms. The third-order valence-electron chi connectivity index (χ3n) is 10.4. The molecule has 0 saturated heterocycles. The molecule has 0 fully saturated rings. The number of nitrogens with zero attached hydrogens (tertiary/aromatic N) is 6. The van der Waals surface area contributed by atoms with Gasteiger partial charge in [-0.1, -0.05) is 144 Å². The van der Waals surface area contributed by atoms with Gasteiger partial charge in [-0.15, -0.1) is 10.2 Å². The average molecular weight is 839 g/mol. The van der Waals surface area contributed by atoms with Crippen LogP contribution in [0.5, 0.6) is 11.5 Å². The van der Waals surface area contributed by atoms with E-state index in [1.54, 1.807) is 9.36 Å². The first-order valence-electron chi connectivity index (χ1n) is 20.8. The molecule has 0 unspecified atom stereocenters. The van der Waals surface area contributed by atoms with Gasteiger partial charge >= 0.3 is 0 Å². The van der Waals surface area contributed by atoms with Gasteiger partial charge < -0.3 is 38.6 Å². The molecule has 0 saturated carbocycles.